The van der Waals surface area contributed by atoms with Gasteiger partial charge in [0, 0.05) is 13.2 Å². The monoisotopic (exact) mass is 304 g/mol. The van der Waals surface area contributed by atoms with Crippen molar-refractivity contribution in [2.75, 3.05) is 20.0 Å². The lowest BCUT2D eigenvalue weighted by atomic mass is 10.0. The molecule has 0 rings (SSSR count). The average molecular weight is 306 g/mol. The van der Waals surface area contributed by atoms with E-state index in [2.05, 4.69) is 33.7 Å². The van der Waals surface area contributed by atoms with E-state index in [9.17, 15) is 0 Å². The van der Waals surface area contributed by atoms with Gasteiger partial charge in [0.05, 0.1) is 0 Å². The molecular formula is C12H25BrMgO2. The van der Waals surface area contributed by atoms with Gasteiger partial charge >= 0.3 is 18.2 Å². The van der Waals surface area contributed by atoms with Crippen LogP contribution in [0, 0.1) is 5.92 Å². The third kappa shape index (κ3) is 11.6. The van der Waals surface area contributed by atoms with Crippen LogP contribution in [0.5, 0.6) is 0 Å². The first-order valence-corrected chi connectivity index (χ1v) is 11.1. The first-order chi connectivity index (χ1) is 7.70. The molecule has 0 N–H and O–H groups in total. The van der Waals surface area contributed by atoms with Crippen LogP contribution in [0.1, 0.15) is 46.5 Å². The number of halogens is 1. The normalized spacial score (nSPS) is 14.5. The second-order valence-corrected chi connectivity index (χ2v) is 8.32. The van der Waals surface area contributed by atoms with Gasteiger partial charge in [-0.25, -0.2) is 0 Å². The van der Waals surface area contributed by atoms with Crippen LogP contribution >= 0.6 is 12.9 Å². The van der Waals surface area contributed by atoms with Gasteiger partial charge in [0.1, 0.15) is 6.79 Å². The highest BCUT2D eigenvalue weighted by Crippen LogP contribution is 2.21. The van der Waals surface area contributed by atoms with Gasteiger partial charge in [0.2, 0.25) is 0 Å². The zero-order valence-electron chi connectivity index (χ0n) is 11.0. The lowest BCUT2D eigenvalue weighted by Gasteiger charge is -2.15. The van der Waals surface area contributed by atoms with Crippen LogP contribution in [0.25, 0.3) is 0 Å². The highest BCUT2D eigenvalue weighted by atomic mass is 79.9. The van der Waals surface area contributed by atoms with Crippen molar-refractivity contribution in [2.24, 2.45) is 5.92 Å². The predicted octanol–water partition coefficient (Wildman–Crippen LogP) is 4.02. The Hall–Kier alpha value is 1.17. The molecule has 0 radical (unpaired) electrons. The second kappa shape index (κ2) is 12.6. The third-order valence-corrected chi connectivity index (χ3v) is 6.74. The van der Waals surface area contributed by atoms with Gasteiger partial charge in [-0.05, 0) is 25.2 Å². The summed E-state index contributed by atoms with van der Waals surface area (Å²) in [5.74, 6) is 0.834. The largest absolute Gasteiger partial charge is 0.471 e. The number of hydrogen-bond donors (Lipinski definition) is 0. The van der Waals surface area contributed by atoms with Crippen LogP contribution in [0.4, 0.5) is 0 Å². The molecule has 0 aliphatic rings. The van der Waals surface area contributed by atoms with Crippen molar-refractivity contribution in [2.45, 2.75) is 50.5 Å². The molecule has 0 amide bonds. The molecule has 0 aromatic carbocycles. The van der Waals surface area contributed by atoms with E-state index < -0.39 is 0 Å². The Labute approximate surface area is 116 Å². The predicted molar refractivity (Wildman–Crippen MR) is 74.2 cm³/mol. The average Bonchev–Trinajstić information content (AvgIpc) is 2.27. The first kappa shape index (κ1) is 17.2. The van der Waals surface area contributed by atoms with E-state index in [4.69, 9.17) is 9.47 Å². The van der Waals surface area contributed by atoms with Crippen LogP contribution in [0.15, 0.2) is 0 Å². The van der Waals surface area contributed by atoms with Crippen LogP contribution in [0.3, 0.4) is 0 Å². The van der Waals surface area contributed by atoms with Crippen molar-refractivity contribution in [3.63, 3.8) is 0 Å². The summed E-state index contributed by atoms with van der Waals surface area (Å²) < 4.78 is 11.6. The van der Waals surface area contributed by atoms with Crippen LogP contribution in [0.2, 0.25) is 4.05 Å². The van der Waals surface area contributed by atoms with E-state index in [1.807, 2.05) is 0 Å². The van der Waals surface area contributed by atoms with Gasteiger partial charge in [-0.2, -0.15) is 0 Å². The lowest BCUT2D eigenvalue weighted by Crippen LogP contribution is -2.05. The Kier molecular flexibility index (Phi) is 13.5. The maximum Gasteiger partial charge on any atom is 0.471 e. The topological polar surface area (TPSA) is 18.5 Å². The van der Waals surface area contributed by atoms with Gasteiger partial charge in [-0.1, -0.05) is 27.2 Å². The van der Waals surface area contributed by atoms with Crippen molar-refractivity contribution in [1.29, 1.82) is 0 Å². The summed E-state index contributed by atoms with van der Waals surface area (Å²) in [7, 11) is 0. The van der Waals surface area contributed by atoms with Crippen molar-refractivity contribution in [1.82, 2.24) is 0 Å². The van der Waals surface area contributed by atoms with Gasteiger partial charge in [-0.15, -0.1) is 4.05 Å². The fourth-order valence-corrected chi connectivity index (χ4v) is 3.21. The second-order valence-electron chi connectivity index (χ2n) is 4.68. The molecular weight excluding hydrogens is 280 g/mol. The molecule has 2 atom stereocenters. The third-order valence-electron chi connectivity index (χ3n) is 2.57. The van der Waals surface area contributed by atoms with Gasteiger partial charge in [0.15, 0.2) is 0 Å². The summed E-state index contributed by atoms with van der Waals surface area (Å²) in [6, 6.07) is 0. The molecule has 0 saturated carbocycles. The molecule has 16 heavy (non-hydrogen) atoms. The van der Waals surface area contributed by atoms with Gasteiger partial charge in [0.25, 0.3) is 0 Å². The van der Waals surface area contributed by atoms with E-state index >= 15 is 0 Å². The summed E-state index contributed by atoms with van der Waals surface area (Å²) in [6.45, 7) is 8.93. The van der Waals surface area contributed by atoms with Gasteiger partial charge < -0.3 is 22.4 Å². The first-order valence-electron chi connectivity index (χ1n) is 6.42. The zero-order chi connectivity index (χ0) is 12.2. The standard InChI is InChI=1S/C12H25O2.BrH.Mg/c1-4-7-12(3)8-6-10-14-11-13-9-5-2;;/h4,12H,5-11H2,1-3H3;1H;/q;;+1/p-1. The van der Waals surface area contributed by atoms with Crippen molar-refractivity contribution >= 4 is 31.1 Å². The minimum Gasteiger partial charge on any atom is -0.355 e. The summed E-state index contributed by atoms with van der Waals surface area (Å²) in [5, 5.41) is 0. The molecule has 0 bridgehead atoms. The highest BCUT2D eigenvalue weighted by molar-refractivity contribution is 9.23. The highest BCUT2D eigenvalue weighted by Gasteiger charge is 2.09. The minimum atomic E-state index is 0.0143. The molecule has 0 heterocycles. The fourth-order valence-electron chi connectivity index (χ4n) is 1.72. The fraction of sp³-hybridized carbons (Fsp3) is 1.00. The maximum absolute atomic E-state index is 5.39. The SMILES string of the molecule is CCCOCOCCCC(C)C[CH](C)[Mg][Br]. The van der Waals surface area contributed by atoms with Crippen molar-refractivity contribution in [3.8, 4) is 0 Å². The summed E-state index contributed by atoms with van der Waals surface area (Å²) in [6.07, 6.45) is 4.87. The summed E-state index contributed by atoms with van der Waals surface area (Å²) >= 11 is 3.67. The summed E-state index contributed by atoms with van der Waals surface area (Å²) in [4.78, 5) is 0. The van der Waals surface area contributed by atoms with Crippen LogP contribution in [-0.4, -0.2) is 38.2 Å². The Morgan fingerprint density at radius 1 is 1.19 bits per heavy atom. The van der Waals surface area contributed by atoms with Crippen molar-refractivity contribution in [3.05, 3.63) is 0 Å². The maximum atomic E-state index is 5.39. The minimum absolute atomic E-state index is 0.0143. The molecule has 0 aliphatic carbocycles. The van der Waals surface area contributed by atoms with E-state index in [0.717, 1.165) is 36.0 Å². The Morgan fingerprint density at radius 3 is 2.50 bits per heavy atom. The Balaban J connectivity index is 3.18. The van der Waals surface area contributed by atoms with Crippen LogP contribution < -0.4 is 0 Å². The molecule has 2 unspecified atom stereocenters. The van der Waals surface area contributed by atoms with E-state index in [0.29, 0.717) is 6.79 Å². The number of hydrogen-bond acceptors (Lipinski definition) is 2. The Morgan fingerprint density at radius 2 is 1.88 bits per heavy atom. The molecule has 94 valence electrons. The van der Waals surface area contributed by atoms with Gasteiger partial charge in [-0.3, -0.25) is 0 Å². The number of ether oxygens (including phenoxy) is 2. The smallest absolute Gasteiger partial charge is 0.355 e. The van der Waals surface area contributed by atoms with Crippen LogP contribution in [-0.2, 0) is 9.47 Å². The molecule has 4 heteroatoms. The van der Waals surface area contributed by atoms with E-state index in [-0.39, 0.29) is 18.2 Å². The molecule has 0 spiro atoms. The molecule has 2 nitrogen and oxygen atoms in total. The van der Waals surface area contributed by atoms with E-state index in [1.165, 1.54) is 12.8 Å². The zero-order valence-corrected chi connectivity index (χ0v) is 14.0. The number of rotatable bonds is 11. The quantitative estimate of drug-likeness (QED) is 0.326. The molecule has 0 aromatic heterocycles. The van der Waals surface area contributed by atoms with Crippen molar-refractivity contribution < 1.29 is 9.47 Å². The lowest BCUT2D eigenvalue weighted by molar-refractivity contribution is -0.0548. The summed E-state index contributed by atoms with van der Waals surface area (Å²) in [5.41, 5.74) is 0. The molecule has 0 aliphatic heterocycles. The van der Waals surface area contributed by atoms with E-state index in [1.54, 1.807) is 0 Å². The Bertz CT molecular complexity index is 147. The molecule has 0 aromatic rings. The molecule has 0 saturated heterocycles. The molecule has 0 fully saturated rings.